The first-order valence-electron chi connectivity index (χ1n) is 9.12. The van der Waals surface area contributed by atoms with Crippen LogP contribution in [0.3, 0.4) is 0 Å². The summed E-state index contributed by atoms with van der Waals surface area (Å²) in [5, 5.41) is 0.616. The fraction of sp³-hybridized carbons (Fsp3) is 0.238. The van der Waals surface area contributed by atoms with Crippen LogP contribution in [0.4, 0.5) is 4.79 Å². The van der Waals surface area contributed by atoms with E-state index in [9.17, 15) is 9.59 Å². The van der Waals surface area contributed by atoms with E-state index in [1.54, 1.807) is 7.05 Å². The summed E-state index contributed by atoms with van der Waals surface area (Å²) in [6, 6.07) is 14.2. The lowest BCUT2D eigenvalue weighted by molar-refractivity contribution is -0.548. The Labute approximate surface area is 182 Å². The second-order valence-corrected chi connectivity index (χ2v) is 8.23. The quantitative estimate of drug-likeness (QED) is 0.500. The van der Waals surface area contributed by atoms with Crippen molar-refractivity contribution < 1.29 is 14.2 Å². The minimum Gasteiger partial charge on any atom is -0.269 e. The van der Waals surface area contributed by atoms with Gasteiger partial charge in [0.25, 0.3) is 17.8 Å². The molecule has 0 aliphatic carbocycles. The second kappa shape index (κ2) is 7.72. The number of carbonyl (C=O) groups excluding carboxylic acids is 2. The molecule has 1 saturated heterocycles. The maximum absolute atomic E-state index is 13.4. The summed E-state index contributed by atoms with van der Waals surface area (Å²) in [5.41, 5.74) is 2.85. The topological polar surface area (TPSA) is 56.0 Å². The fourth-order valence-electron chi connectivity index (χ4n) is 3.59. The van der Waals surface area contributed by atoms with Gasteiger partial charge < -0.3 is 0 Å². The van der Waals surface area contributed by atoms with E-state index >= 15 is 0 Å². The number of aliphatic imine (C=N–C) groups is 1. The van der Waals surface area contributed by atoms with Crippen molar-refractivity contribution in [1.29, 1.82) is 0 Å². The van der Waals surface area contributed by atoms with Gasteiger partial charge in [0.15, 0.2) is 0 Å². The van der Waals surface area contributed by atoms with E-state index in [2.05, 4.69) is 20.9 Å². The van der Waals surface area contributed by atoms with Crippen molar-refractivity contribution in [2.75, 3.05) is 7.05 Å². The average molecular weight is 475 g/mol. The molecule has 2 aliphatic heterocycles. The van der Waals surface area contributed by atoms with Crippen LogP contribution in [0.1, 0.15) is 16.7 Å². The summed E-state index contributed by atoms with van der Waals surface area (Å²) in [7, 11) is 1.64. The highest BCUT2D eigenvalue weighted by Crippen LogP contribution is 2.26. The molecule has 2 heterocycles. The van der Waals surface area contributed by atoms with Crippen LogP contribution in [0.15, 0.2) is 53.5 Å². The van der Waals surface area contributed by atoms with E-state index in [4.69, 9.17) is 11.6 Å². The van der Waals surface area contributed by atoms with Crippen molar-refractivity contribution >= 4 is 50.0 Å². The molecule has 1 atom stereocenters. The summed E-state index contributed by atoms with van der Waals surface area (Å²) in [6.07, 6.45) is 0. The van der Waals surface area contributed by atoms with Crippen LogP contribution in [0.5, 0.6) is 0 Å². The lowest BCUT2D eigenvalue weighted by Crippen LogP contribution is -2.62. The second-order valence-electron chi connectivity index (χ2n) is 7.12. The first kappa shape index (κ1) is 19.8. The highest BCUT2D eigenvalue weighted by Gasteiger charge is 2.53. The Balaban J connectivity index is 1.66. The van der Waals surface area contributed by atoms with E-state index in [1.807, 2.05) is 60.0 Å². The Morgan fingerprint density at radius 3 is 2.66 bits per heavy atom. The Hall–Kier alpha value is -2.51. The zero-order valence-corrected chi connectivity index (χ0v) is 18.3. The van der Waals surface area contributed by atoms with Gasteiger partial charge in [0.05, 0.1) is 22.5 Å². The van der Waals surface area contributed by atoms with Crippen LogP contribution in [0.25, 0.3) is 0 Å². The zero-order valence-electron chi connectivity index (χ0n) is 16.0. The molecule has 2 aliphatic rings. The summed E-state index contributed by atoms with van der Waals surface area (Å²) < 4.78 is 2.33. The number of likely N-dealkylation sites (N-methyl/N-ethyl adjacent to an activating group) is 1. The molecular weight excluding hydrogens is 456 g/mol. The largest absolute Gasteiger partial charge is 0.365 e. The molecular formula is C21H19BrClN4O2+. The number of hydrogen-bond donors (Lipinski definition) is 0. The highest BCUT2D eigenvalue weighted by atomic mass is 79.9. The number of carbonyl (C=O) groups is 2. The molecule has 1 fully saturated rings. The SMILES string of the molecule is Cc1cccc(CN2C(=O)C3C(=NC(Br)=[N+]3Cc3ccccc3Cl)N(C)C2=O)c1. The van der Waals surface area contributed by atoms with Gasteiger partial charge in [-0.1, -0.05) is 59.6 Å². The molecule has 0 radical (unpaired) electrons. The number of benzene rings is 2. The smallest absolute Gasteiger partial charge is 0.269 e. The fourth-order valence-corrected chi connectivity index (χ4v) is 4.30. The standard InChI is InChI=1S/C21H19BrClN4O2/c1-13-6-5-7-14(10-13)11-27-19(28)17-18(25(2)21(27)29)24-20(22)26(17)12-15-8-3-4-9-16(15)23/h3-10,17H,11-12H2,1-2H3/q+1. The van der Waals surface area contributed by atoms with Gasteiger partial charge >= 0.3 is 10.8 Å². The molecule has 2 aromatic carbocycles. The van der Waals surface area contributed by atoms with Crippen LogP contribution in [-0.4, -0.2) is 50.0 Å². The Morgan fingerprint density at radius 1 is 1.17 bits per heavy atom. The predicted molar refractivity (Wildman–Crippen MR) is 115 cm³/mol. The molecule has 3 amide bonds. The van der Waals surface area contributed by atoms with Crippen molar-refractivity contribution in [3.8, 4) is 0 Å². The number of amides is 3. The minimum absolute atomic E-state index is 0.213. The molecule has 8 heteroatoms. The van der Waals surface area contributed by atoms with E-state index in [1.165, 1.54) is 9.80 Å². The molecule has 1 unspecified atom stereocenters. The zero-order chi connectivity index (χ0) is 20.7. The van der Waals surface area contributed by atoms with E-state index in [-0.39, 0.29) is 18.5 Å². The molecule has 0 N–H and O–H groups in total. The summed E-state index contributed by atoms with van der Waals surface area (Å²) in [6.45, 7) is 2.59. The molecule has 6 nitrogen and oxygen atoms in total. The van der Waals surface area contributed by atoms with E-state index < -0.39 is 6.04 Å². The third kappa shape index (κ3) is 3.60. The normalized spacial score (nSPS) is 19.0. The number of aryl methyl sites for hydroxylation is 1. The van der Waals surface area contributed by atoms with Crippen molar-refractivity contribution in [3.05, 3.63) is 70.2 Å². The molecule has 0 spiro atoms. The number of urea groups is 1. The van der Waals surface area contributed by atoms with Crippen LogP contribution in [0.2, 0.25) is 5.02 Å². The van der Waals surface area contributed by atoms with Crippen LogP contribution < -0.4 is 0 Å². The van der Waals surface area contributed by atoms with Gasteiger partial charge in [0, 0.05) is 17.6 Å². The van der Waals surface area contributed by atoms with Gasteiger partial charge in [0.1, 0.15) is 6.54 Å². The van der Waals surface area contributed by atoms with Crippen molar-refractivity contribution in [3.63, 3.8) is 0 Å². The molecule has 148 valence electrons. The predicted octanol–water partition coefficient (Wildman–Crippen LogP) is 3.79. The molecule has 4 rings (SSSR count). The number of halogens is 2. The number of amidine groups is 2. The summed E-state index contributed by atoms with van der Waals surface area (Å²) >= 11 is 9.77. The molecule has 0 saturated carbocycles. The number of hydrogen-bond acceptors (Lipinski definition) is 3. The third-order valence-electron chi connectivity index (χ3n) is 5.08. The number of fused-ring (bicyclic) bond motifs is 1. The minimum atomic E-state index is -0.687. The first-order valence-corrected chi connectivity index (χ1v) is 10.3. The average Bonchev–Trinajstić information content (AvgIpc) is 3.02. The molecule has 0 aromatic heterocycles. The van der Waals surface area contributed by atoms with Crippen LogP contribution >= 0.6 is 27.5 Å². The molecule has 2 aromatic rings. The van der Waals surface area contributed by atoms with Gasteiger partial charge in [-0.3, -0.25) is 14.6 Å². The van der Waals surface area contributed by atoms with Gasteiger partial charge in [-0.2, -0.15) is 0 Å². The maximum atomic E-state index is 13.4. The van der Waals surface area contributed by atoms with Gasteiger partial charge in [0.2, 0.25) is 0 Å². The van der Waals surface area contributed by atoms with Gasteiger partial charge in [-0.25, -0.2) is 9.37 Å². The van der Waals surface area contributed by atoms with E-state index in [0.29, 0.717) is 22.1 Å². The van der Waals surface area contributed by atoms with E-state index in [0.717, 1.165) is 16.7 Å². The van der Waals surface area contributed by atoms with Gasteiger partial charge in [-0.05, 0) is 23.5 Å². The Bertz CT molecular complexity index is 1080. The lowest BCUT2D eigenvalue weighted by Gasteiger charge is -2.33. The van der Waals surface area contributed by atoms with Gasteiger partial charge in [-0.15, -0.1) is 0 Å². The summed E-state index contributed by atoms with van der Waals surface area (Å²) in [5.74, 6) is 0.120. The monoisotopic (exact) mass is 473 g/mol. The number of imide groups is 1. The summed E-state index contributed by atoms with van der Waals surface area (Å²) in [4.78, 5) is 33.4. The third-order valence-corrected chi connectivity index (χ3v) is 6.08. The first-order chi connectivity index (χ1) is 13.9. The molecule has 29 heavy (non-hydrogen) atoms. The van der Waals surface area contributed by atoms with Crippen LogP contribution in [0, 0.1) is 6.92 Å². The Morgan fingerprint density at radius 2 is 1.93 bits per heavy atom. The Kier molecular flexibility index (Phi) is 5.27. The molecule has 0 bridgehead atoms. The highest BCUT2D eigenvalue weighted by molar-refractivity contribution is 9.18. The van der Waals surface area contributed by atoms with Crippen molar-refractivity contribution in [2.45, 2.75) is 26.1 Å². The number of rotatable bonds is 4. The van der Waals surface area contributed by atoms with Crippen LogP contribution in [-0.2, 0) is 17.9 Å². The van der Waals surface area contributed by atoms with Crippen molar-refractivity contribution in [1.82, 2.24) is 9.80 Å². The maximum Gasteiger partial charge on any atom is 0.365 e. The number of nitrogens with zero attached hydrogens (tertiary/aromatic N) is 4. The van der Waals surface area contributed by atoms with Crippen molar-refractivity contribution in [2.24, 2.45) is 4.99 Å². The lowest BCUT2D eigenvalue weighted by atomic mass is 10.1.